The molecule has 19 heavy (non-hydrogen) atoms. The highest BCUT2D eigenvalue weighted by molar-refractivity contribution is 7.99. The number of hydrogen-bond donors (Lipinski definition) is 2. The van der Waals surface area contributed by atoms with Gasteiger partial charge in [-0.05, 0) is 56.6 Å². The molecule has 0 amide bonds. The van der Waals surface area contributed by atoms with Gasteiger partial charge in [0.2, 0.25) is 0 Å². The highest BCUT2D eigenvalue weighted by Crippen LogP contribution is 2.38. The Kier molecular flexibility index (Phi) is 5.18. The van der Waals surface area contributed by atoms with Gasteiger partial charge in [-0.15, -0.1) is 0 Å². The molecule has 4 heteroatoms. The highest BCUT2D eigenvalue weighted by Gasteiger charge is 2.45. The molecule has 0 aromatic rings. The Bertz CT molecular complexity index is 317. The van der Waals surface area contributed by atoms with Gasteiger partial charge in [0.05, 0.1) is 0 Å². The topological polar surface area (TPSA) is 49.3 Å². The van der Waals surface area contributed by atoms with Crippen molar-refractivity contribution in [3.63, 3.8) is 0 Å². The summed E-state index contributed by atoms with van der Waals surface area (Å²) in [6.45, 7) is 4.50. The van der Waals surface area contributed by atoms with Crippen LogP contribution in [0.3, 0.4) is 0 Å². The molecule has 0 spiro atoms. The van der Waals surface area contributed by atoms with Crippen LogP contribution in [0.2, 0.25) is 0 Å². The Balaban J connectivity index is 1.87. The van der Waals surface area contributed by atoms with Crippen LogP contribution in [-0.2, 0) is 4.79 Å². The molecule has 0 aromatic heterocycles. The minimum Gasteiger partial charge on any atom is -0.480 e. The summed E-state index contributed by atoms with van der Waals surface area (Å²) in [6, 6.07) is 0.468. The second-order valence-corrected chi connectivity index (χ2v) is 7.99. The van der Waals surface area contributed by atoms with Crippen LogP contribution in [-0.4, -0.2) is 33.7 Å². The molecule has 2 rings (SSSR count). The first-order chi connectivity index (χ1) is 9.02. The number of rotatable bonds is 7. The molecule has 2 fully saturated rings. The fraction of sp³-hybridized carbons (Fsp3) is 0.933. The molecule has 2 N–H and O–H groups in total. The van der Waals surface area contributed by atoms with Crippen LogP contribution in [0.5, 0.6) is 0 Å². The summed E-state index contributed by atoms with van der Waals surface area (Å²) in [5.41, 5.74) is -0.630. The van der Waals surface area contributed by atoms with Crippen molar-refractivity contribution in [1.29, 1.82) is 0 Å². The number of carbonyl (C=O) groups is 1. The number of carboxylic acids is 1. The molecule has 0 aromatic carbocycles. The van der Waals surface area contributed by atoms with Crippen molar-refractivity contribution in [2.45, 2.75) is 75.6 Å². The predicted octanol–water partition coefficient (Wildman–Crippen LogP) is 3.28. The first-order valence-corrected chi connectivity index (χ1v) is 8.69. The maximum atomic E-state index is 11.7. The largest absolute Gasteiger partial charge is 0.480 e. The Hall–Kier alpha value is -0.220. The lowest BCUT2D eigenvalue weighted by molar-refractivity contribution is -0.146. The van der Waals surface area contributed by atoms with E-state index in [0.29, 0.717) is 11.3 Å². The van der Waals surface area contributed by atoms with Crippen molar-refractivity contribution < 1.29 is 9.90 Å². The third-order valence-electron chi connectivity index (χ3n) is 4.22. The lowest BCUT2D eigenvalue weighted by Crippen LogP contribution is -2.56. The van der Waals surface area contributed by atoms with E-state index in [9.17, 15) is 9.90 Å². The molecule has 2 unspecified atom stereocenters. The quantitative estimate of drug-likeness (QED) is 0.753. The maximum absolute atomic E-state index is 11.7. The molecule has 3 nitrogen and oxygen atoms in total. The molecule has 110 valence electrons. The summed E-state index contributed by atoms with van der Waals surface area (Å²) in [5, 5.41) is 13.6. The molecule has 0 bridgehead atoms. The van der Waals surface area contributed by atoms with Gasteiger partial charge < -0.3 is 5.11 Å². The third-order valence-corrected chi connectivity index (χ3v) is 5.57. The van der Waals surface area contributed by atoms with E-state index in [2.05, 4.69) is 19.2 Å². The molecule has 0 saturated heterocycles. The van der Waals surface area contributed by atoms with E-state index in [1.54, 1.807) is 0 Å². The zero-order valence-corrected chi connectivity index (χ0v) is 13.0. The number of nitrogens with one attached hydrogen (secondary N) is 1. The summed E-state index contributed by atoms with van der Waals surface area (Å²) in [7, 11) is 0. The van der Waals surface area contributed by atoms with Crippen molar-refractivity contribution in [3.05, 3.63) is 0 Å². The van der Waals surface area contributed by atoms with E-state index in [0.717, 1.165) is 38.0 Å². The van der Waals surface area contributed by atoms with Gasteiger partial charge in [0.15, 0.2) is 0 Å². The number of thioether (sulfide) groups is 1. The van der Waals surface area contributed by atoms with Crippen LogP contribution in [0.1, 0.15) is 58.8 Å². The van der Waals surface area contributed by atoms with Crippen molar-refractivity contribution in [2.75, 3.05) is 5.75 Å². The minimum atomic E-state index is -0.631. The van der Waals surface area contributed by atoms with Gasteiger partial charge in [-0.2, -0.15) is 11.8 Å². The monoisotopic (exact) mass is 285 g/mol. The van der Waals surface area contributed by atoms with E-state index in [-0.39, 0.29) is 0 Å². The minimum absolute atomic E-state index is 0.468. The summed E-state index contributed by atoms with van der Waals surface area (Å²) < 4.78 is 0. The van der Waals surface area contributed by atoms with Gasteiger partial charge in [0, 0.05) is 11.3 Å². The molecule has 0 radical (unpaired) electrons. The third kappa shape index (κ3) is 4.38. The van der Waals surface area contributed by atoms with Crippen molar-refractivity contribution in [1.82, 2.24) is 5.32 Å². The number of aliphatic carboxylic acids is 1. The van der Waals surface area contributed by atoms with Gasteiger partial charge >= 0.3 is 5.97 Å². The molecular formula is C15H27NO2S. The molecule has 2 saturated carbocycles. The standard InChI is InChI=1S/C15H27NO2S/c1-11(2)7-9-19-13-4-3-8-15(10-13,14(17)18)16-12-5-6-12/h11-13,16H,3-10H2,1-2H3,(H,17,18). The van der Waals surface area contributed by atoms with E-state index < -0.39 is 11.5 Å². The first kappa shape index (κ1) is 15.2. The zero-order valence-electron chi connectivity index (χ0n) is 12.2. The van der Waals surface area contributed by atoms with Gasteiger partial charge in [0.1, 0.15) is 5.54 Å². The predicted molar refractivity (Wildman–Crippen MR) is 80.7 cm³/mol. The smallest absolute Gasteiger partial charge is 0.323 e. The van der Waals surface area contributed by atoms with Gasteiger partial charge in [0.25, 0.3) is 0 Å². The first-order valence-electron chi connectivity index (χ1n) is 7.64. The second kappa shape index (κ2) is 6.49. The summed E-state index contributed by atoms with van der Waals surface area (Å²) in [6.07, 6.45) is 7.38. The Morgan fingerprint density at radius 1 is 1.42 bits per heavy atom. The Morgan fingerprint density at radius 3 is 2.74 bits per heavy atom. The second-order valence-electron chi connectivity index (χ2n) is 6.58. The Morgan fingerprint density at radius 2 is 2.16 bits per heavy atom. The average molecular weight is 285 g/mol. The maximum Gasteiger partial charge on any atom is 0.323 e. The van der Waals surface area contributed by atoms with Crippen molar-refractivity contribution in [3.8, 4) is 0 Å². The van der Waals surface area contributed by atoms with Gasteiger partial charge in [-0.1, -0.05) is 13.8 Å². The van der Waals surface area contributed by atoms with Crippen LogP contribution in [0.15, 0.2) is 0 Å². The van der Waals surface area contributed by atoms with E-state index >= 15 is 0 Å². The molecular weight excluding hydrogens is 258 g/mol. The van der Waals surface area contributed by atoms with Crippen LogP contribution in [0.4, 0.5) is 0 Å². The van der Waals surface area contributed by atoms with Crippen LogP contribution in [0.25, 0.3) is 0 Å². The number of hydrogen-bond acceptors (Lipinski definition) is 3. The summed E-state index contributed by atoms with van der Waals surface area (Å²) in [5.74, 6) is 1.28. The molecule has 2 aliphatic rings. The molecule has 2 aliphatic carbocycles. The van der Waals surface area contributed by atoms with E-state index in [4.69, 9.17) is 0 Å². The zero-order chi connectivity index (χ0) is 13.9. The van der Waals surface area contributed by atoms with Crippen molar-refractivity contribution >= 4 is 17.7 Å². The SMILES string of the molecule is CC(C)CCSC1CCCC(NC2CC2)(C(=O)O)C1. The average Bonchev–Trinajstić information content (AvgIpc) is 3.12. The highest BCUT2D eigenvalue weighted by atomic mass is 32.2. The summed E-state index contributed by atoms with van der Waals surface area (Å²) >= 11 is 1.99. The van der Waals surface area contributed by atoms with Crippen LogP contribution in [0, 0.1) is 5.92 Å². The van der Waals surface area contributed by atoms with Crippen LogP contribution < -0.4 is 5.32 Å². The number of carboxylic acid groups (broad SMARTS) is 1. The van der Waals surface area contributed by atoms with E-state index in [1.807, 2.05) is 11.8 Å². The molecule has 0 heterocycles. The molecule has 2 atom stereocenters. The van der Waals surface area contributed by atoms with E-state index in [1.165, 1.54) is 18.6 Å². The normalized spacial score (nSPS) is 31.6. The van der Waals surface area contributed by atoms with Crippen LogP contribution >= 0.6 is 11.8 Å². The fourth-order valence-corrected chi connectivity index (χ4v) is 4.52. The Labute approximate surface area is 120 Å². The molecule has 0 aliphatic heterocycles. The lowest BCUT2D eigenvalue weighted by Gasteiger charge is -2.38. The fourth-order valence-electron chi connectivity index (χ4n) is 2.84. The van der Waals surface area contributed by atoms with Gasteiger partial charge in [-0.25, -0.2) is 0 Å². The van der Waals surface area contributed by atoms with Crippen molar-refractivity contribution in [2.24, 2.45) is 5.92 Å². The van der Waals surface area contributed by atoms with Gasteiger partial charge in [-0.3, -0.25) is 10.1 Å². The summed E-state index contributed by atoms with van der Waals surface area (Å²) in [4.78, 5) is 11.7. The lowest BCUT2D eigenvalue weighted by atomic mass is 9.81.